The third-order valence-electron chi connectivity index (χ3n) is 3.23. The van der Waals surface area contributed by atoms with E-state index in [1.54, 1.807) is 0 Å². The van der Waals surface area contributed by atoms with Crippen molar-refractivity contribution >= 4 is 23.9 Å². The first-order chi connectivity index (χ1) is 12.0. The number of carbonyl (C=O) groups excluding carboxylic acids is 2. The number of alkyl halides is 3. The van der Waals surface area contributed by atoms with Gasteiger partial charge in [0.15, 0.2) is 0 Å². The summed E-state index contributed by atoms with van der Waals surface area (Å²) in [4.78, 5) is 46.1. The number of rotatable bonds is 3. The van der Waals surface area contributed by atoms with E-state index in [0.29, 0.717) is 6.07 Å². The average Bonchev–Trinajstić information content (AvgIpc) is 2.49. The number of nitrogens with zero attached hydrogens (tertiary/aromatic N) is 2. The Balaban J connectivity index is 2.93. The normalized spacial score (nSPS) is 11.4. The van der Waals surface area contributed by atoms with Gasteiger partial charge in [-0.05, 0) is 17.7 Å². The topological polar surface area (TPSA) is 104 Å². The van der Waals surface area contributed by atoms with Gasteiger partial charge in [0.25, 0.3) is 5.56 Å². The van der Waals surface area contributed by atoms with Gasteiger partial charge in [-0.2, -0.15) is 13.2 Å². The Kier molecular flexibility index (Phi) is 5.03. The Labute approximate surface area is 146 Å². The molecule has 1 heterocycles. The largest absolute Gasteiger partial charge is 0.432 e. The van der Waals surface area contributed by atoms with Gasteiger partial charge in [0.1, 0.15) is 11.5 Å². The van der Waals surface area contributed by atoms with Crippen LogP contribution in [0.2, 0.25) is 5.02 Å². The number of hydrogen-bond donors (Lipinski definition) is 1. The highest BCUT2D eigenvalue weighted by atomic mass is 35.5. The zero-order valence-electron chi connectivity index (χ0n) is 12.4. The fraction of sp³-hybridized carbons (Fsp3) is 0.143. The Morgan fingerprint density at radius 2 is 1.85 bits per heavy atom. The highest BCUT2D eigenvalue weighted by Gasteiger charge is 2.37. The maximum Gasteiger partial charge on any atom is 0.432 e. The minimum absolute atomic E-state index is 0.0278. The van der Waals surface area contributed by atoms with E-state index in [0.717, 1.165) is 6.07 Å². The molecular formula is C14H7ClF4N3O4. The highest BCUT2D eigenvalue weighted by molar-refractivity contribution is 6.31. The summed E-state index contributed by atoms with van der Waals surface area (Å²) in [5.74, 6) is -1.25. The quantitative estimate of drug-likeness (QED) is 0.797. The van der Waals surface area contributed by atoms with Gasteiger partial charge < -0.3 is 5.73 Å². The first-order valence-electron chi connectivity index (χ1n) is 6.58. The lowest BCUT2D eigenvalue weighted by atomic mass is 10.1. The summed E-state index contributed by atoms with van der Waals surface area (Å²) in [6, 6.07) is -0.441. The first-order valence-corrected chi connectivity index (χ1v) is 6.96. The van der Waals surface area contributed by atoms with Crippen molar-refractivity contribution in [1.82, 2.24) is 9.13 Å². The van der Waals surface area contributed by atoms with Crippen LogP contribution in [0.15, 0.2) is 27.8 Å². The van der Waals surface area contributed by atoms with Crippen LogP contribution >= 0.6 is 11.6 Å². The summed E-state index contributed by atoms with van der Waals surface area (Å²) < 4.78 is 52.5. The Morgan fingerprint density at radius 3 is 2.35 bits per heavy atom. The van der Waals surface area contributed by atoms with Crippen LogP contribution in [0, 0.1) is 5.82 Å². The molecule has 0 saturated carbocycles. The molecule has 0 fully saturated rings. The molecule has 2 N–H and O–H groups in total. The Morgan fingerprint density at radius 1 is 1.23 bits per heavy atom. The lowest BCUT2D eigenvalue weighted by Crippen LogP contribution is -2.46. The molecular weight excluding hydrogens is 386 g/mol. The molecule has 0 bridgehead atoms. The van der Waals surface area contributed by atoms with Gasteiger partial charge in [0.2, 0.25) is 6.29 Å². The summed E-state index contributed by atoms with van der Waals surface area (Å²) in [5, 5.41) is -0.232. The van der Waals surface area contributed by atoms with Crippen molar-refractivity contribution in [2.75, 3.05) is 0 Å². The Hall–Kier alpha value is -2.95. The molecule has 1 aromatic carbocycles. The van der Waals surface area contributed by atoms with E-state index in [4.69, 9.17) is 17.3 Å². The molecule has 26 heavy (non-hydrogen) atoms. The molecule has 1 radical (unpaired) electrons. The van der Waals surface area contributed by atoms with Crippen LogP contribution in [0.4, 0.5) is 22.4 Å². The number of aromatic nitrogens is 2. The van der Waals surface area contributed by atoms with Gasteiger partial charge >= 0.3 is 17.9 Å². The lowest BCUT2D eigenvalue weighted by molar-refractivity contribution is -0.143. The standard InChI is InChI=1S/C14H7ClF4N3O4/c15-7-4-8(16)9(3-6(7)1-2-23)21-11(24)5-10(14(17,18)19)22(12(20)25)13(21)26/h3-5H,1H2,(H2,20,25). The molecule has 2 aromatic rings. The van der Waals surface area contributed by atoms with Gasteiger partial charge in [0, 0.05) is 17.5 Å². The fourth-order valence-corrected chi connectivity index (χ4v) is 2.37. The van der Waals surface area contributed by atoms with E-state index in [-0.39, 0.29) is 21.2 Å². The Bertz CT molecular complexity index is 1030. The van der Waals surface area contributed by atoms with E-state index < -0.39 is 51.6 Å². The zero-order valence-corrected chi connectivity index (χ0v) is 13.2. The van der Waals surface area contributed by atoms with Gasteiger partial charge in [-0.15, -0.1) is 0 Å². The van der Waals surface area contributed by atoms with Crippen molar-refractivity contribution in [2.24, 2.45) is 5.73 Å². The number of nitrogens with two attached hydrogens (primary N) is 1. The van der Waals surface area contributed by atoms with Crippen molar-refractivity contribution in [3.05, 3.63) is 61.1 Å². The second-order valence-corrected chi connectivity index (χ2v) is 5.28. The predicted octanol–water partition coefficient (Wildman–Crippen LogP) is 1.39. The lowest BCUT2D eigenvalue weighted by Gasteiger charge is -2.15. The molecule has 0 aliphatic carbocycles. The number of amides is 1. The monoisotopic (exact) mass is 392 g/mol. The summed E-state index contributed by atoms with van der Waals surface area (Å²) >= 11 is 5.70. The zero-order chi connectivity index (χ0) is 19.8. The molecule has 137 valence electrons. The average molecular weight is 393 g/mol. The van der Waals surface area contributed by atoms with Crippen LogP contribution in [0.1, 0.15) is 11.3 Å². The molecule has 1 aromatic heterocycles. The van der Waals surface area contributed by atoms with Crippen LogP contribution < -0.4 is 17.0 Å². The van der Waals surface area contributed by atoms with Crippen LogP contribution in [0.25, 0.3) is 5.69 Å². The molecule has 0 aliphatic rings. The molecule has 0 saturated heterocycles. The molecule has 2 rings (SSSR count). The maximum absolute atomic E-state index is 14.2. The fourth-order valence-electron chi connectivity index (χ4n) is 2.15. The smallest absolute Gasteiger partial charge is 0.351 e. The number of halogens is 5. The molecule has 12 heteroatoms. The molecule has 1 amide bonds. The van der Waals surface area contributed by atoms with E-state index in [2.05, 4.69) is 0 Å². The van der Waals surface area contributed by atoms with Crippen molar-refractivity contribution in [2.45, 2.75) is 12.6 Å². The van der Waals surface area contributed by atoms with Crippen molar-refractivity contribution in [3.63, 3.8) is 0 Å². The summed E-state index contributed by atoms with van der Waals surface area (Å²) in [6.07, 6.45) is -4.23. The molecule has 7 nitrogen and oxygen atoms in total. The van der Waals surface area contributed by atoms with E-state index in [1.165, 1.54) is 6.29 Å². The van der Waals surface area contributed by atoms with Crippen LogP contribution in [-0.4, -0.2) is 21.5 Å². The van der Waals surface area contributed by atoms with Crippen LogP contribution in [0.3, 0.4) is 0 Å². The van der Waals surface area contributed by atoms with E-state index >= 15 is 0 Å². The van der Waals surface area contributed by atoms with Gasteiger partial charge in [0.05, 0.1) is 5.69 Å². The summed E-state index contributed by atoms with van der Waals surface area (Å²) in [5.41, 5.74) is -1.37. The molecule has 0 unspecified atom stereocenters. The highest BCUT2D eigenvalue weighted by Crippen LogP contribution is 2.28. The van der Waals surface area contributed by atoms with Gasteiger partial charge in [-0.1, -0.05) is 11.6 Å². The minimum atomic E-state index is -5.25. The van der Waals surface area contributed by atoms with E-state index in [1.807, 2.05) is 0 Å². The SMILES string of the molecule is NC(=O)n1c(C(F)(F)F)cc(=O)n(-c2cc(C[C]=O)c(Cl)cc2F)c1=O. The van der Waals surface area contributed by atoms with E-state index in [9.17, 15) is 36.7 Å². The predicted molar refractivity (Wildman–Crippen MR) is 80.6 cm³/mol. The molecule has 0 atom stereocenters. The van der Waals surface area contributed by atoms with Gasteiger partial charge in [-0.3, -0.25) is 9.59 Å². The summed E-state index contributed by atoms with van der Waals surface area (Å²) in [7, 11) is 0. The van der Waals surface area contributed by atoms with Crippen LogP contribution in [0.5, 0.6) is 0 Å². The van der Waals surface area contributed by atoms with Crippen molar-refractivity contribution < 1.29 is 27.2 Å². The van der Waals surface area contributed by atoms with Crippen molar-refractivity contribution in [1.29, 1.82) is 0 Å². The number of benzene rings is 1. The third-order valence-corrected chi connectivity index (χ3v) is 3.59. The molecule has 0 spiro atoms. The summed E-state index contributed by atoms with van der Waals surface area (Å²) in [6.45, 7) is 0. The third kappa shape index (κ3) is 3.38. The van der Waals surface area contributed by atoms with Gasteiger partial charge in [-0.25, -0.2) is 23.1 Å². The number of carbonyl (C=O) groups is 1. The second-order valence-electron chi connectivity index (χ2n) is 4.87. The van der Waals surface area contributed by atoms with Crippen LogP contribution in [-0.2, 0) is 17.4 Å². The van der Waals surface area contributed by atoms with Crippen molar-refractivity contribution in [3.8, 4) is 5.69 Å². The second kappa shape index (κ2) is 6.75. The first kappa shape index (κ1) is 19.4. The minimum Gasteiger partial charge on any atom is -0.351 e. The maximum atomic E-state index is 14.2. The number of primary amides is 1. The number of hydrogen-bond acceptors (Lipinski definition) is 4. The molecule has 0 aliphatic heterocycles.